The zero-order valence-corrected chi connectivity index (χ0v) is 13.4. The van der Waals surface area contributed by atoms with Crippen LogP contribution in [0.3, 0.4) is 0 Å². The molecule has 0 aliphatic carbocycles. The van der Waals surface area contributed by atoms with Crippen molar-refractivity contribution in [1.82, 2.24) is 9.62 Å². The summed E-state index contributed by atoms with van der Waals surface area (Å²) in [6.45, 7) is 1.99. The van der Waals surface area contributed by atoms with Crippen LogP contribution in [0.15, 0.2) is 27.6 Å². The number of nitrogens with one attached hydrogen (secondary N) is 1. The lowest BCUT2D eigenvalue weighted by atomic mass is 10.2. The maximum absolute atomic E-state index is 12.6. The molecule has 0 saturated carbocycles. The second-order valence-electron chi connectivity index (χ2n) is 4.76. The van der Waals surface area contributed by atoms with Gasteiger partial charge in [0.15, 0.2) is 0 Å². The minimum Gasteiger partial charge on any atom is -0.316 e. The van der Waals surface area contributed by atoms with Gasteiger partial charge in [0.25, 0.3) is 0 Å². The fraction of sp³-hybridized carbons (Fsp3) is 0.538. The van der Waals surface area contributed by atoms with E-state index in [0.29, 0.717) is 22.5 Å². The first-order chi connectivity index (χ1) is 9.05. The fourth-order valence-corrected chi connectivity index (χ4v) is 4.91. The average molecular weight is 347 g/mol. The number of nitrogens with zero attached hydrogens (tertiary/aromatic N) is 1. The van der Waals surface area contributed by atoms with E-state index in [1.165, 1.54) is 0 Å². The summed E-state index contributed by atoms with van der Waals surface area (Å²) in [6.07, 6.45) is 3.03. The van der Waals surface area contributed by atoms with Gasteiger partial charge in [-0.1, -0.05) is 12.5 Å². The third-order valence-electron chi connectivity index (χ3n) is 3.31. The highest BCUT2D eigenvalue weighted by molar-refractivity contribution is 9.10. The molecule has 0 atom stereocenters. The summed E-state index contributed by atoms with van der Waals surface area (Å²) >= 11 is 3.39. The van der Waals surface area contributed by atoms with Crippen LogP contribution < -0.4 is 5.32 Å². The van der Waals surface area contributed by atoms with Gasteiger partial charge in [-0.25, -0.2) is 8.42 Å². The quantitative estimate of drug-likeness (QED) is 0.910. The molecule has 0 unspecified atom stereocenters. The molecular formula is C13H19BrN2O2S. The second kappa shape index (κ2) is 6.35. The maximum Gasteiger partial charge on any atom is 0.244 e. The van der Waals surface area contributed by atoms with Gasteiger partial charge in [-0.2, -0.15) is 4.31 Å². The molecule has 1 saturated heterocycles. The molecule has 0 amide bonds. The van der Waals surface area contributed by atoms with Crippen molar-refractivity contribution in [2.24, 2.45) is 0 Å². The molecule has 0 bridgehead atoms. The number of piperidine rings is 1. The van der Waals surface area contributed by atoms with Crippen LogP contribution in [-0.2, 0) is 16.6 Å². The molecule has 1 aliphatic heterocycles. The lowest BCUT2D eigenvalue weighted by Gasteiger charge is -2.26. The fourth-order valence-electron chi connectivity index (χ4n) is 2.31. The highest BCUT2D eigenvalue weighted by Gasteiger charge is 2.27. The molecule has 2 rings (SSSR count). The minimum atomic E-state index is -3.36. The number of benzene rings is 1. The smallest absolute Gasteiger partial charge is 0.244 e. The van der Waals surface area contributed by atoms with E-state index in [2.05, 4.69) is 21.2 Å². The second-order valence-corrected chi connectivity index (χ2v) is 7.52. The number of hydrogen-bond donors (Lipinski definition) is 1. The summed E-state index contributed by atoms with van der Waals surface area (Å²) in [7, 11) is -1.49. The third-order valence-corrected chi connectivity index (χ3v) is 6.19. The molecule has 6 heteroatoms. The van der Waals surface area contributed by atoms with Crippen molar-refractivity contribution in [3.05, 3.63) is 28.2 Å². The van der Waals surface area contributed by atoms with Crippen LogP contribution >= 0.6 is 15.9 Å². The Balaban J connectivity index is 2.29. The highest BCUT2D eigenvalue weighted by atomic mass is 79.9. The third kappa shape index (κ3) is 3.37. The van der Waals surface area contributed by atoms with Crippen LogP contribution in [0.5, 0.6) is 0 Å². The van der Waals surface area contributed by atoms with Crippen LogP contribution in [0.2, 0.25) is 0 Å². The Bertz CT molecular complexity index is 540. The molecule has 0 spiro atoms. The van der Waals surface area contributed by atoms with E-state index in [4.69, 9.17) is 0 Å². The molecule has 4 nitrogen and oxygen atoms in total. The van der Waals surface area contributed by atoms with Crippen LogP contribution in [-0.4, -0.2) is 32.9 Å². The Hall–Kier alpha value is -0.430. The Morgan fingerprint density at radius 3 is 2.53 bits per heavy atom. The maximum atomic E-state index is 12.6. The van der Waals surface area contributed by atoms with Crippen molar-refractivity contribution in [2.45, 2.75) is 30.7 Å². The van der Waals surface area contributed by atoms with Gasteiger partial charge in [-0.3, -0.25) is 0 Å². The molecular weight excluding hydrogens is 328 g/mol. The first-order valence-electron chi connectivity index (χ1n) is 6.49. The van der Waals surface area contributed by atoms with Crippen molar-refractivity contribution in [3.8, 4) is 0 Å². The standard InChI is InChI=1S/C13H19BrN2O2S/c1-15-10-11-5-6-13(12(14)9-11)19(17,18)16-7-3-2-4-8-16/h5-6,9,15H,2-4,7-8,10H2,1H3. The summed E-state index contributed by atoms with van der Waals surface area (Å²) in [5.74, 6) is 0. The van der Waals surface area contributed by atoms with Crippen molar-refractivity contribution in [3.63, 3.8) is 0 Å². The lowest BCUT2D eigenvalue weighted by molar-refractivity contribution is 0.346. The zero-order chi connectivity index (χ0) is 13.9. The van der Waals surface area contributed by atoms with Crippen LogP contribution in [0.25, 0.3) is 0 Å². The van der Waals surface area contributed by atoms with E-state index in [1.54, 1.807) is 10.4 Å². The number of sulfonamides is 1. The van der Waals surface area contributed by atoms with E-state index in [1.807, 2.05) is 19.2 Å². The van der Waals surface area contributed by atoms with Crippen LogP contribution in [0.1, 0.15) is 24.8 Å². The Morgan fingerprint density at radius 1 is 1.26 bits per heavy atom. The van der Waals surface area contributed by atoms with Crippen molar-refractivity contribution in [2.75, 3.05) is 20.1 Å². The highest BCUT2D eigenvalue weighted by Crippen LogP contribution is 2.28. The molecule has 1 fully saturated rings. The van der Waals surface area contributed by atoms with Crippen molar-refractivity contribution >= 4 is 26.0 Å². The topological polar surface area (TPSA) is 49.4 Å². The van der Waals surface area contributed by atoms with Gasteiger partial charge >= 0.3 is 0 Å². The van der Waals surface area contributed by atoms with Gasteiger partial charge < -0.3 is 5.32 Å². The Labute approximate surface area is 123 Å². The van der Waals surface area contributed by atoms with Crippen molar-refractivity contribution < 1.29 is 8.42 Å². The lowest BCUT2D eigenvalue weighted by Crippen LogP contribution is -2.35. The number of hydrogen-bond acceptors (Lipinski definition) is 3. The van der Waals surface area contributed by atoms with Gasteiger partial charge in [0.1, 0.15) is 0 Å². The SMILES string of the molecule is CNCc1ccc(S(=O)(=O)N2CCCCC2)c(Br)c1. The van der Waals surface area contributed by atoms with Gasteiger partial charge in [0, 0.05) is 24.1 Å². The number of halogens is 1. The first kappa shape index (κ1) is 15.0. The predicted molar refractivity (Wildman–Crippen MR) is 79.5 cm³/mol. The summed E-state index contributed by atoms with van der Waals surface area (Å²) in [5.41, 5.74) is 1.06. The van der Waals surface area contributed by atoms with E-state index in [9.17, 15) is 8.42 Å². The van der Waals surface area contributed by atoms with E-state index in [0.717, 1.165) is 31.4 Å². The molecule has 1 heterocycles. The largest absolute Gasteiger partial charge is 0.316 e. The molecule has 1 N–H and O–H groups in total. The van der Waals surface area contributed by atoms with Gasteiger partial charge in [0.05, 0.1) is 4.90 Å². The summed E-state index contributed by atoms with van der Waals surface area (Å²) in [6, 6.07) is 5.42. The summed E-state index contributed by atoms with van der Waals surface area (Å²) < 4.78 is 27.4. The normalized spacial score (nSPS) is 17.6. The summed E-state index contributed by atoms with van der Waals surface area (Å²) in [5, 5.41) is 3.05. The van der Waals surface area contributed by atoms with E-state index in [-0.39, 0.29) is 0 Å². The van der Waals surface area contributed by atoms with E-state index >= 15 is 0 Å². The predicted octanol–water partition coefficient (Wildman–Crippen LogP) is 2.34. The average Bonchev–Trinajstić information content (AvgIpc) is 2.40. The molecule has 0 aromatic heterocycles. The molecule has 1 aliphatic rings. The van der Waals surface area contributed by atoms with Crippen molar-refractivity contribution in [1.29, 1.82) is 0 Å². The molecule has 1 aromatic rings. The Morgan fingerprint density at radius 2 is 1.95 bits per heavy atom. The van der Waals surface area contributed by atoms with E-state index < -0.39 is 10.0 Å². The molecule has 1 aromatic carbocycles. The first-order valence-corrected chi connectivity index (χ1v) is 8.72. The zero-order valence-electron chi connectivity index (χ0n) is 11.0. The minimum absolute atomic E-state index is 0.370. The molecule has 106 valence electrons. The van der Waals surface area contributed by atoms with Gasteiger partial charge in [-0.05, 0) is 53.5 Å². The van der Waals surface area contributed by atoms with Crippen LogP contribution in [0.4, 0.5) is 0 Å². The monoisotopic (exact) mass is 346 g/mol. The molecule has 0 radical (unpaired) electrons. The summed E-state index contributed by atoms with van der Waals surface area (Å²) in [4.78, 5) is 0.370. The van der Waals surface area contributed by atoms with Crippen LogP contribution in [0, 0.1) is 0 Å². The van der Waals surface area contributed by atoms with Gasteiger partial charge in [-0.15, -0.1) is 0 Å². The Kier molecular flexibility index (Phi) is 5.00. The molecule has 19 heavy (non-hydrogen) atoms. The number of rotatable bonds is 4. The van der Waals surface area contributed by atoms with Gasteiger partial charge in [0.2, 0.25) is 10.0 Å².